The van der Waals surface area contributed by atoms with Crippen molar-refractivity contribution in [3.05, 3.63) is 59.7 Å². The lowest BCUT2D eigenvalue weighted by atomic mass is 10.0. The summed E-state index contributed by atoms with van der Waals surface area (Å²) in [5.74, 6) is -1.84. The summed E-state index contributed by atoms with van der Waals surface area (Å²) < 4.78 is 34.4. The van der Waals surface area contributed by atoms with E-state index >= 15 is 0 Å². The molecule has 0 bridgehead atoms. The normalized spacial score (nSPS) is 18.9. The van der Waals surface area contributed by atoms with Gasteiger partial charge in [-0.15, -0.1) is 0 Å². The number of likely N-dealkylation sites (tertiary alicyclic amines) is 1. The van der Waals surface area contributed by atoms with Crippen LogP contribution >= 0.6 is 0 Å². The highest BCUT2D eigenvalue weighted by atomic mass is 19.3. The Balaban J connectivity index is 1.96. The van der Waals surface area contributed by atoms with E-state index in [-0.39, 0.29) is 17.1 Å². The first-order valence-electron chi connectivity index (χ1n) is 8.65. The number of ether oxygens (including phenoxy) is 2. The SMILES string of the molecule is COc1cc(C(=O)N2C(C(=O)O)CC[C@H]2c2ccccc2)ccc1OC(F)F. The number of amides is 1. The van der Waals surface area contributed by atoms with E-state index in [0.717, 1.165) is 5.56 Å². The second-order valence-electron chi connectivity index (χ2n) is 6.31. The molecule has 1 heterocycles. The standard InChI is InChI=1S/C20H19F2NO5/c1-27-17-11-13(7-10-16(17)28-20(21)22)18(24)23-14(8-9-15(23)19(25)26)12-5-3-2-4-6-12/h2-7,10-11,14-15,20H,8-9H2,1H3,(H,25,26)/t14-,15?/m0/s1. The van der Waals surface area contributed by atoms with Crippen LogP contribution in [-0.2, 0) is 4.79 Å². The van der Waals surface area contributed by atoms with E-state index in [0.29, 0.717) is 12.8 Å². The van der Waals surface area contributed by atoms with Crippen molar-refractivity contribution in [2.45, 2.75) is 31.5 Å². The molecule has 1 aliphatic rings. The lowest BCUT2D eigenvalue weighted by Crippen LogP contribution is -2.41. The van der Waals surface area contributed by atoms with Crippen molar-refractivity contribution in [1.82, 2.24) is 4.90 Å². The van der Waals surface area contributed by atoms with Gasteiger partial charge in [-0.1, -0.05) is 30.3 Å². The van der Waals surface area contributed by atoms with Gasteiger partial charge >= 0.3 is 12.6 Å². The molecule has 2 aromatic rings. The Morgan fingerprint density at radius 1 is 1.11 bits per heavy atom. The zero-order valence-corrected chi connectivity index (χ0v) is 15.0. The van der Waals surface area contributed by atoms with Crippen LogP contribution in [-0.4, -0.2) is 41.6 Å². The van der Waals surface area contributed by atoms with Crippen LogP contribution in [0.1, 0.15) is 34.8 Å². The molecule has 1 unspecified atom stereocenters. The number of hydrogen-bond acceptors (Lipinski definition) is 4. The van der Waals surface area contributed by atoms with Gasteiger partial charge in [0.15, 0.2) is 11.5 Å². The monoisotopic (exact) mass is 391 g/mol. The minimum Gasteiger partial charge on any atom is -0.493 e. The maximum Gasteiger partial charge on any atom is 0.387 e. The number of halogens is 2. The van der Waals surface area contributed by atoms with E-state index in [1.165, 1.54) is 30.2 Å². The van der Waals surface area contributed by atoms with Crippen LogP contribution in [0.5, 0.6) is 11.5 Å². The second-order valence-corrected chi connectivity index (χ2v) is 6.31. The summed E-state index contributed by atoms with van der Waals surface area (Å²) >= 11 is 0. The maximum absolute atomic E-state index is 13.2. The van der Waals surface area contributed by atoms with Gasteiger partial charge in [-0.25, -0.2) is 4.79 Å². The third kappa shape index (κ3) is 3.90. The highest BCUT2D eigenvalue weighted by molar-refractivity contribution is 5.98. The number of benzene rings is 2. The summed E-state index contributed by atoms with van der Waals surface area (Å²) in [6, 6.07) is 11.6. The summed E-state index contributed by atoms with van der Waals surface area (Å²) in [7, 11) is 1.27. The third-order valence-corrected chi connectivity index (χ3v) is 4.72. The Morgan fingerprint density at radius 2 is 1.82 bits per heavy atom. The lowest BCUT2D eigenvalue weighted by Gasteiger charge is -2.29. The molecule has 1 aliphatic heterocycles. The largest absolute Gasteiger partial charge is 0.493 e. The molecule has 2 atom stereocenters. The summed E-state index contributed by atoms with van der Waals surface area (Å²) in [6.07, 6.45) is 0.834. The second kappa shape index (κ2) is 8.24. The van der Waals surface area contributed by atoms with Crippen molar-refractivity contribution in [2.24, 2.45) is 0 Å². The maximum atomic E-state index is 13.2. The molecule has 28 heavy (non-hydrogen) atoms. The smallest absolute Gasteiger partial charge is 0.387 e. The molecule has 1 fully saturated rings. The molecular formula is C20H19F2NO5. The Hall–Kier alpha value is -3.16. The van der Waals surface area contributed by atoms with Crippen molar-refractivity contribution in [1.29, 1.82) is 0 Å². The number of carboxylic acid groups (broad SMARTS) is 1. The van der Waals surface area contributed by atoms with E-state index in [1.54, 1.807) is 0 Å². The molecule has 0 aromatic heterocycles. The van der Waals surface area contributed by atoms with Gasteiger partial charge in [0, 0.05) is 5.56 Å². The molecular weight excluding hydrogens is 372 g/mol. The van der Waals surface area contributed by atoms with Crippen LogP contribution < -0.4 is 9.47 Å². The Kier molecular flexibility index (Phi) is 5.77. The van der Waals surface area contributed by atoms with E-state index in [1.807, 2.05) is 30.3 Å². The summed E-state index contributed by atoms with van der Waals surface area (Å²) in [4.78, 5) is 26.2. The fraction of sp³-hybridized carbons (Fsp3) is 0.300. The van der Waals surface area contributed by atoms with E-state index in [4.69, 9.17) is 4.74 Å². The van der Waals surface area contributed by atoms with Crippen molar-refractivity contribution >= 4 is 11.9 Å². The molecule has 1 saturated heterocycles. The van der Waals surface area contributed by atoms with E-state index in [2.05, 4.69) is 4.74 Å². The predicted molar refractivity (Wildman–Crippen MR) is 95.6 cm³/mol. The van der Waals surface area contributed by atoms with Gasteiger partial charge in [0.2, 0.25) is 0 Å². The van der Waals surface area contributed by atoms with Crippen LogP contribution in [0.2, 0.25) is 0 Å². The van der Waals surface area contributed by atoms with Crippen LogP contribution in [0, 0.1) is 0 Å². The number of methoxy groups -OCH3 is 1. The Morgan fingerprint density at radius 3 is 2.43 bits per heavy atom. The highest BCUT2D eigenvalue weighted by Gasteiger charge is 2.42. The Labute approximate surface area is 160 Å². The number of alkyl halides is 2. The van der Waals surface area contributed by atoms with Crippen LogP contribution in [0.25, 0.3) is 0 Å². The summed E-state index contributed by atoms with van der Waals surface area (Å²) in [5.41, 5.74) is 0.969. The molecule has 148 valence electrons. The quantitative estimate of drug-likeness (QED) is 0.812. The summed E-state index contributed by atoms with van der Waals surface area (Å²) in [6.45, 7) is -3.03. The fourth-order valence-electron chi connectivity index (χ4n) is 3.48. The molecule has 6 nitrogen and oxygen atoms in total. The van der Waals surface area contributed by atoms with Gasteiger partial charge in [0.05, 0.1) is 13.2 Å². The van der Waals surface area contributed by atoms with Crippen LogP contribution in [0.3, 0.4) is 0 Å². The Bertz CT molecular complexity index is 859. The first kappa shape index (κ1) is 19.6. The molecule has 1 amide bonds. The molecule has 0 aliphatic carbocycles. The fourth-order valence-corrected chi connectivity index (χ4v) is 3.48. The molecule has 0 radical (unpaired) electrons. The molecule has 3 rings (SSSR count). The third-order valence-electron chi connectivity index (χ3n) is 4.72. The van der Waals surface area contributed by atoms with Gasteiger partial charge < -0.3 is 19.5 Å². The number of hydrogen-bond donors (Lipinski definition) is 1. The molecule has 1 N–H and O–H groups in total. The van der Waals surface area contributed by atoms with Gasteiger partial charge in [-0.3, -0.25) is 4.79 Å². The number of carbonyl (C=O) groups is 2. The zero-order valence-electron chi connectivity index (χ0n) is 15.0. The number of aliphatic carboxylic acids is 1. The molecule has 8 heteroatoms. The van der Waals surface area contributed by atoms with Crippen molar-refractivity contribution in [3.63, 3.8) is 0 Å². The molecule has 0 spiro atoms. The lowest BCUT2D eigenvalue weighted by molar-refractivity contribution is -0.141. The highest BCUT2D eigenvalue weighted by Crippen LogP contribution is 2.38. The minimum atomic E-state index is -3.03. The zero-order chi connectivity index (χ0) is 20.3. The summed E-state index contributed by atoms with van der Waals surface area (Å²) in [5, 5.41) is 9.57. The first-order valence-corrected chi connectivity index (χ1v) is 8.65. The number of nitrogens with zero attached hydrogens (tertiary/aromatic N) is 1. The molecule has 2 aromatic carbocycles. The average molecular weight is 391 g/mol. The first-order chi connectivity index (χ1) is 13.4. The van der Waals surface area contributed by atoms with Gasteiger partial charge in [0.25, 0.3) is 5.91 Å². The van der Waals surface area contributed by atoms with Crippen molar-refractivity contribution in [2.75, 3.05) is 7.11 Å². The van der Waals surface area contributed by atoms with Crippen LogP contribution in [0.4, 0.5) is 8.78 Å². The minimum absolute atomic E-state index is 0.0338. The van der Waals surface area contributed by atoms with Crippen molar-refractivity contribution < 1.29 is 33.0 Å². The van der Waals surface area contributed by atoms with E-state index in [9.17, 15) is 23.5 Å². The van der Waals surface area contributed by atoms with Gasteiger partial charge in [-0.2, -0.15) is 8.78 Å². The molecule has 0 saturated carbocycles. The van der Waals surface area contributed by atoms with Gasteiger partial charge in [0.1, 0.15) is 6.04 Å². The van der Waals surface area contributed by atoms with Crippen molar-refractivity contribution in [3.8, 4) is 11.5 Å². The number of carbonyl (C=O) groups excluding carboxylic acids is 1. The topological polar surface area (TPSA) is 76.1 Å². The van der Waals surface area contributed by atoms with Crippen LogP contribution in [0.15, 0.2) is 48.5 Å². The van der Waals surface area contributed by atoms with E-state index < -0.39 is 30.6 Å². The average Bonchev–Trinajstić information content (AvgIpc) is 3.13. The predicted octanol–water partition coefficient (Wildman–Crippen LogP) is 3.73. The van der Waals surface area contributed by atoms with Gasteiger partial charge in [-0.05, 0) is 36.6 Å². The number of carboxylic acids is 1. The number of rotatable bonds is 6.